The highest BCUT2D eigenvalue weighted by atomic mass is 19.2. The number of hydrogen-bond acceptors (Lipinski definition) is 3. The Morgan fingerprint density at radius 1 is 1.04 bits per heavy atom. The molecule has 0 saturated carbocycles. The molecule has 0 saturated heterocycles. The van der Waals surface area contributed by atoms with Gasteiger partial charge in [0.25, 0.3) is 5.91 Å². The Morgan fingerprint density at radius 3 is 2.48 bits per heavy atom. The first-order chi connectivity index (χ1) is 11.9. The summed E-state index contributed by atoms with van der Waals surface area (Å²) in [6, 6.07) is 8.12. The van der Waals surface area contributed by atoms with Gasteiger partial charge in [-0.3, -0.25) is 9.59 Å². The lowest BCUT2D eigenvalue weighted by molar-refractivity contribution is -0.115. The van der Waals surface area contributed by atoms with Gasteiger partial charge in [0, 0.05) is 0 Å². The van der Waals surface area contributed by atoms with E-state index >= 15 is 0 Å². The van der Waals surface area contributed by atoms with E-state index in [0.717, 1.165) is 6.07 Å². The average Bonchev–Trinajstić information content (AvgIpc) is 2.60. The van der Waals surface area contributed by atoms with Crippen LogP contribution in [0.4, 0.5) is 18.9 Å². The summed E-state index contributed by atoms with van der Waals surface area (Å²) >= 11 is 0. The molecule has 0 aliphatic rings. The molecule has 0 radical (unpaired) electrons. The smallest absolute Gasteiger partial charge is 0.254 e. The van der Waals surface area contributed by atoms with Gasteiger partial charge >= 0.3 is 0 Å². The Kier molecular flexibility index (Phi) is 5.99. The van der Waals surface area contributed by atoms with Crippen molar-refractivity contribution in [3.8, 4) is 5.75 Å². The molecule has 0 fully saturated rings. The number of hydrogen-bond donors (Lipinski definition) is 2. The first kappa shape index (κ1) is 18.3. The Labute approximate surface area is 141 Å². The molecule has 2 rings (SSSR count). The molecule has 0 atom stereocenters. The van der Waals surface area contributed by atoms with Crippen molar-refractivity contribution in [1.82, 2.24) is 5.32 Å². The number of carbonyl (C=O) groups excluding carboxylic acids is 2. The Morgan fingerprint density at radius 2 is 1.76 bits per heavy atom. The van der Waals surface area contributed by atoms with Crippen LogP contribution in [0, 0.1) is 17.5 Å². The van der Waals surface area contributed by atoms with Crippen LogP contribution < -0.4 is 15.4 Å². The Bertz CT molecular complexity index is 797. The first-order valence-electron chi connectivity index (χ1n) is 7.37. The van der Waals surface area contributed by atoms with Gasteiger partial charge in [0.1, 0.15) is 5.75 Å². The first-order valence-corrected chi connectivity index (χ1v) is 7.37. The van der Waals surface area contributed by atoms with Crippen LogP contribution in [-0.2, 0) is 4.79 Å². The van der Waals surface area contributed by atoms with Crippen molar-refractivity contribution >= 4 is 17.5 Å². The molecule has 0 unspecified atom stereocenters. The van der Waals surface area contributed by atoms with E-state index in [1.54, 1.807) is 31.2 Å². The van der Waals surface area contributed by atoms with E-state index < -0.39 is 41.4 Å². The largest absolute Gasteiger partial charge is 0.492 e. The lowest BCUT2D eigenvalue weighted by atomic mass is 10.2. The second-order valence-corrected chi connectivity index (χ2v) is 4.88. The molecule has 0 aliphatic carbocycles. The predicted molar refractivity (Wildman–Crippen MR) is 84.9 cm³/mol. The van der Waals surface area contributed by atoms with Crippen molar-refractivity contribution < 1.29 is 27.5 Å². The second kappa shape index (κ2) is 8.18. The van der Waals surface area contributed by atoms with Crippen LogP contribution in [0.25, 0.3) is 0 Å². The third-order valence-corrected chi connectivity index (χ3v) is 3.15. The Hall–Kier alpha value is -3.03. The van der Waals surface area contributed by atoms with Gasteiger partial charge in [-0.25, -0.2) is 13.2 Å². The zero-order valence-corrected chi connectivity index (χ0v) is 13.2. The van der Waals surface area contributed by atoms with Gasteiger partial charge < -0.3 is 15.4 Å². The molecular weight excluding hydrogens is 337 g/mol. The van der Waals surface area contributed by atoms with Crippen LogP contribution in [0.3, 0.4) is 0 Å². The van der Waals surface area contributed by atoms with Crippen LogP contribution in [-0.4, -0.2) is 25.0 Å². The molecule has 25 heavy (non-hydrogen) atoms. The van der Waals surface area contributed by atoms with Crippen molar-refractivity contribution in [2.75, 3.05) is 18.5 Å². The summed E-state index contributed by atoms with van der Waals surface area (Å²) in [6.07, 6.45) is 0. The molecule has 2 aromatic rings. The maximum atomic E-state index is 13.5. The fraction of sp³-hybridized carbons (Fsp3) is 0.176. The van der Waals surface area contributed by atoms with Gasteiger partial charge in [0.2, 0.25) is 5.91 Å². The van der Waals surface area contributed by atoms with Crippen molar-refractivity contribution in [2.24, 2.45) is 0 Å². The standard InChI is InChI=1S/C17H15F3N2O3/c1-2-25-13-6-4-3-5-12(13)22-14(23)9-21-17(24)10-7-8-11(18)16(20)15(10)19/h3-8H,2,9H2,1H3,(H,21,24)(H,22,23). The van der Waals surface area contributed by atoms with E-state index in [2.05, 4.69) is 10.6 Å². The monoisotopic (exact) mass is 352 g/mol. The molecule has 5 nitrogen and oxygen atoms in total. The normalized spacial score (nSPS) is 10.2. The minimum Gasteiger partial charge on any atom is -0.492 e. The van der Waals surface area contributed by atoms with Crippen LogP contribution in [0.1, 0.15) is 17.3 Å². The van der Waals surface area contributed by atoms with Gasteiger partial charge in [-0.1, -0.05) is 12.1 Å². The van der Waals surface area contributed by atoms with Gasteiger partial charge in [-0.05, 0) is 31.2 Å². The summed E-state index contributed by atoms with van der Waals surface area (Å²) in [5.74, 6) is -5.94. The number of nitrogens with one attached hydrogen (secondary N) is 2. The fourth-order valence-electron chi connectivity index (χ4n) is 2.00. The summed E-state index contributed by atoms with van der Waals surface area (Å²) in [6.45, 7) is 1.70. The highest BCUT2D eigenvalue weighted by Gasteiger charge is 2.19. The molecule has 0 aliphatic heterocycles. The minimum atomic E-state index is -1.75. The minimum absolute atomic E-state index is 0.402. The van der Waals surface area contributed by atoms with Gasteiger partial charge in [0.05, 0.1) is 24.4 Å². The average molecular weight is 352 g/mol. The van der Waals surface area contributed by atoms with E-state index in [-0.39, 0.29) is 0 Å². The molecule has 132 valence electrons. The molecule has 2 aromatic carbocycles. The van der Waals surface area contributed by atoms with Crippen molar-refractivity contribution in [1.29, 1.82) is 0 Å². The quantitative estimate of drug-likeness (QED) is 0.786. The second-order valence-electron chi connectivity index (χ2n) is 4.88. The summed E-state index contributed by atoms with van der Waals surface area (Å²) in [5.41, 5.74) is -0.288. The summed E-state index contributed by atoms with van der Waals surface area (Å²) in [5, 5.41) is 4.67. The van der Waals surface area contributed by atoms with Crippen molar-refractivity contribution in [2.45, 2.75) is 6.92 Å². The van der Waals surface area contributed by atoms with Crippen molar-refractivity contribution in [3.63, 3.8) is 0 Å². The molecule has 8 heteroatoms. The number of ether oxygens (including phenoxy) is 1. The number of amides is 2. The summed E-state index contributed by atoms with van der Waals surface area (Å²) in [4.78, 5) is 23.7. The van der Waals surface area contributed by atoms with E-state index in [4.69, 9.17) is 4.74 Å². The highest BCUT2D eigenvalue weighted by Crippen LogP contribution is 2.23. The van der Waals surface area contributed by atoms with Crippen LogP contribution in [0.5, 0.6) is 5.75 Å². The third-order valence-electron chi connectivity index (χ3n) is 3.15. The summed E-state index contributed by atoms with van der Waals surface area (Å²) < 4.78 is 44.9. The number of carbonyl (C=O) groups is 2. The molecule has 0 spiro atoms. The SMILES string of the molecule is CCOc1ccccc1NC(=O)CNC(=O)c1ccc(F)c(F)c1F. The molecule has 2 amide bonds. The van der Waals surface area contributed by atoms with E-state index in [1.807, 2.05) is 0 Å². The lowest BCUT2D eigenvalue weighted by Crippen LogP contribution is -2.33. The van der Waals surface area contributed by atoms with Gasteiger partial charge in [0.15, 0.2) is 17.5 Å². The zero-order valence-electron chi connectivity index (χ0n) is 13.2. The molecule has 0 aromatic heterocycles. The topological polar surface area (TPSA) is 67.4 Å². The fourth-order valence-corrected chi connectivity index (χ4v) is 2.00. The number of anilines is 1. The maximum absolute atomic E-state index is 13.5. The van der Waals surface area contributed by atoms with Gasteiger partial charge in [-0.15, -0.1) is 0 Å². The molecule has 2 N–H and O–H groups in total. The van der Waals surface area contributed by atoms with E-state index in [0.29, 0.717) is 24.1 Å². The van der Waals surface area contributed by atoms with E-state index in [1.165, 1.54) is 0 Å². The van der Waals surface area contributed by atoms with Crippen LogP contribution in [0.15, 0.2) is 36.4 Å². The number of halogens is 3. The lowest BCUT2D eigenvalue weighted by Gasteiger charge is -2.12. The van der Waals surface area contributed by atoms with Crippen LogP contribution >= 0.6 is 0 Å². The predicted octanol–water partition coefficient (Wildman–Crippen LogP) is 2.87. The van der Waals surface area contributed by atoms with Crippen LogP contribution in [0.2, 0.25) is 0 Å². The third kappa shape index (κ3) is 4.50. The van der Waals surface area contributed by atoms with Crippen molar-refractivity contribution in [3.05, 3.63) is 59.4 Å². The number of para-hydroxylation sites is 2. The highest BCUT2D eigenvalue weighted by molar-refractivity contribution is 5.99. The number of rotatable bonds is 6. The molecule has 0 bridgehead atoms. The van der Waals surface area contributed by atoms with Gasteiger partial charge in [-0.2, -0.15) is 0 Å². The summed E-state index contributed by atoms with van der Waals surface area (Å²) in [7, 11) is 0. The van der Waals surface area contributed by atoms with E-state index in [9.17, 15) is 22.8 Å². The zero-order chi connectivity index (χ0) is 18.4. The Balaban J connectivity index is 1.99. The number of benzene rings is 2. The molecule has 0 heterocycles. The molecular formula is C17H15F3N2O3. The maximum Gasteiger partial charge on any atom is 0.254 e.